The lowest BCUT2D eigenvalue weighted by molar-refractivity contribution is 0.0624. The summed E-state index contributed by atoms with van der Waals surface area (Å²) in [6.07, 6.45) is 5.13. The zero-order valence-electron chi connectivity index (χ0n) is 10.0. The molecule has 1 heterocycles. The first-order valence-corrected chi connectivity index (χ1v) is 6.07. The van der Waals surface area contributed by atoms with Gasteiger partial charge >= 0.3 is 6.03 Å². The van der Waals surface area contributed by atoms with Crippen molar-refractivity contribution in [2.45, 2.75) is 38.5 Å². The Morgan fingerprint density at radius 1 is 1.59 bits per heavy atom. The zero-order chi connectivity index (χ0) is 12.4. The average Bonchev–Trinajstić information content (AvgIpc) is 2.40. The maximum absolute atomic E-state index is 11.8. The molecule has 0 aromatic rings. The first-order valence-electron chi connectivity index (χ1n) is 6.07. The van der Waals surface area contributed by atoms with E-state index >= 15 is 0 Å². The van der Waals surface area contributed by atoms with Crippen LogP contribution < -0.4 is 5.32 Å². The fourth-order valence-electron chi connectivity index (χ4n) is 2.54. The molecule has 5 nitrogen and oxygen atoms in total. The first kappa shape index (κ1) is 12.1. The molecule has 0 saturated carbocycles. The molecule has 0 spiro atoms. The third-order valence-electron chi connectivity index (χ3n) is 3.49. The summed E-state index contributed by atoms with van der Waals surface area (Å²) in [5.74, 6) is 0.276. The van der Waals surface area contributed by atoms with Gasteiger partial charge in [0.15, 0.2) is 0 Å². The highest BCUT2D eigenvalue weighted by Gasteiger charge is 2.32. The monoisotopic (exact) mass is 237 g/mol. The van der Waals surface area contributed by atoms with Gasteiger partial charge in [0, 0.05) is 24.7 Å². The minimum atomic E-state index is -0.714. The highest BCUT2D eigenvalue weighted by molar-refractivity contribution is 5.92. The Balaban J connectivity index is 2.08. The number of carbonyl (C=O) groups excluding carboxylic acids is 1. The Morgan fingerprint density at radius 3 is 3.06 bits per heavy atom. The first-order chi connectivity index (χ1) is 8.08. The highest BCUT2D eigenvalue weighted by Crippen LogP contribution is 2.24. The van der Waals surface area contributed by atoms with Crippen LogP contribution in [0.1, 0.15) is 26.2 Å². The molecular formula is C12H19N3O2. The van der Waals surface area contributed by atoms with Crippen molar-refractivity contribution >= 4 is 11.7 Å². The highest BCUT2D eigenvalue weighted by atomic mass is 16.3. The number of allylic oxidation sites excluding steroid dienone is 1. The molecule has 17 heavy (non-hydrogen) atoms. The molecule has 1 aliphatic heterocycles. The summed E-state index contributed by atoms with van der Waals surface area (Å²) < 4.78 is 0. The lowest BCUT2D eigenvalue weighted by atomic mass is 9.94. The number of nitrogens with one attached hydrogen (secondary N) is 2. The van der Waals surface area contributed by atoms with Gasteiger partial charge in [0.05, 0.1) is 0 Å². The van der Waals surface area contributed by atoms with Gasteiger partial charge in [-0.25, -0.2) is 4.79 Å². The SMILES string of the molecule is CC1CC(=N)C=CC[C@@H]1N1CCC(O)NC1=O. The topological polar surface area (TPSA) is 76.4 Å². The van der Waals surface area contributed by atoms with Gasteiger partial charge in [0.25, 0.3) is 0 Å². The number of rotatable bonds is 1. The smallest absolute Gasteiger partial charge is 0.319 e. The summed E-state index contributed by atoms with van der Waals surface area (Å²) in [6, 6.07) is -0.0657. The second kappa shape index (κ2) is 4.87. The Kier molecular flexibility index (Phi) is 3.47. The molecule has 0 bridgehead atoms. The van der Waals surface area contributed by atoms with Gasteiger partial charge in [-0.2, -0.15) is 0 Å². The van der Waals surface area contributed by atoms with Crippen LogP contribution in [-0.2, 0) is 0 Å². The van der Waals surface area contributed by atoms with Gasteiger partial charge in [-0.1, -0.05) is 13.0 Å². The normalized spacial score (nSPS) is 34.5. The molecule has 0 aromatic carbocycles. The van der Waals surface area contributed by atoms with Crippen LogP contribution in [0.5, 0.6) is 0 Å². The van der Waals surface area contributed by atoms with E-state index in [2.05, 4.69) is 12.2 Å². The number of nitrogens with zero attached hydrogens (tertiary/aromatic N) is 1. The van der Waals surface area contributed by atoms with E-state index < -0.39 is 6.23 Å². The summed E-state index contributed by atoms with van der Waals surface area (Å²) in [7, 11) is 0. The third-order valence-corrected chi connectivity index (χ3v) is 3.49. The van der Waals surface area contributed by atoms with Gasteiger partial charge in [0.2, 0.25) is 0 Å². The maximum atomic E-state index is 11.8. The fraction of sp³-hybridized carbons (Fsp3) is 0.667. The van der Waals surface area contributed by atoms with Crippen molar-refractivity contribution in [3.63, 3.8) is 0 Å². The van der Waals surface area contributed by atoms with E-state index in [9.17, 15) is 9.90 Å². The molecule has 3 atom stereocenters. The molecule has 1 aliphatic carbocycles. The molecular weight excluding hydrogens is 218 g/mol. The minimum Gasteiger partial charge on any atom is -0.374 e. The van der Waals surface area contributed by atoms with E-state index in [0.29, 0.717) is 25.1 Å². The third kappa shape index (κ3) is 2.66. The number of aliphatic hydroxyl groups is 1. The van der Waals surface area contributed by atoms with Crippen LogP contribution in [0.25, 0.3) is 0 Å². The van der Waals surface area contributed by atoms with Crippen LogP contribution in [0.15, 0.2) is 12.2 Å². The Morgan fingerprint density at radius 2 is 2.35 bits per heavy atom. The zero-order valence-corrected chi connectivity index (χ0v) is 10.0. The number of aliphatic hydroxyl groups excluding tert-OH is 1. The van der Waals surface area contributed by atoms with Crippen molar-refractivity contribution in [2.75, 3.05) is 6.54 Å². The van der Waals surface area contributed by atoms with Crippen molar-refractivity contribution in [1.29, 1.82) is 5.41 Å². The van der Waals surface area contributed by atoms with Crippen LogP contribution in [0, 0.1) is 11.3 Å². The van der Waals surface area contributed by atoms with Crippen molar-refractivity contribution in [2.24, 2.45) is 5.92 Å². The Hall–Kier alpha value is -1.36. The number of urea groups is 1. The molecule has 2 amide bonds. The predicted molar refractivity (Wildman–Crippen MR) is 64.9 cm³/mol. The molecule has 2 aliphatic rings. The Bertz CT molecular complexity index is 354. The summed E-state index contributed by atoms with van der Waals surface area (Å²) in [5, 5.41) is 19.6. The van der Waals surface area contributed by atoms with Crippen molar-refractivity contribution < 1.29 is 9.90 Å². The van der Waals surface area contributed by atoms with E-state index in [1.165, 1.54) is 0 Å². The molecule has 0 radical (unpaired) electrons. The minimum absolute atomic E-state index is 0.126. The molecule has 2 unspecified atom stereocenters. The predicted octanol–water partition coefficient (Wildman–Crippen LogP) is 1.09. The number of carbonyl (C=O) groups is 1. The van der Waals surface area contributed by atoms with Crippen LogP contribution in [0.4, 0.5) is 4.79 Å². The fourth-order valence-corrected chi connectivity index (χ4v) is 2.54. The maximum Gasteiger partial charge on any atom is 0.319 e. The molecule has 5 heteroatoms. The second-order valence-corrected chi connectivity index (χ2v) is 4.86. The van der Waals surface area contributed by atoms with E-state index in [1.54, 1.807) is 4.90 Å². The molecule has 3 N–H and O–H groups in total. The number of hydrogen-bond acceptors (Lipinski definition) is 3. The molecule has 1 saturated heterocycles. The van der Waals surface area contributed by atoms with Crippen LogP contribution in [0.3, 0.4) is 0 Å². The lowest BCUT2D eigenvalue weighted by Gasteiger charge is -2.38. The van der Waals surface area contributed by atoms with Crippen molar-refractivity contribution in [3.05, 3.63) is 12.2 Å². The molecule has 1 fully saturated rings. The summed E-state index contributed by atoms with van der Waals surface area (Å²) in [5.41, 5.74) is 0.623. The second-order valence-electron chi connectivity index (χ2n) is 4.86. The molecule has 94 valence electrons. The summed E-state index contributed by atoms with van der Waals surface area (Å²) in [4.78, 5) is 13.6. The van der Waals surface area contributed by atoms with Gasteiger partial charge in [-0.05, 0) is 24.8 Å². The van der Waals surface area contributed by atoms with Crippen LogP contribution in [0.2, 0.25) is 0 Å². The molecule has 0 aromatic heterocycles. The summed E-state index contributed by atoms with van der Waals surface area (Å²) in [6.45, 7) is 2.66. The van der Waals surface area contributed by atoms with Gasteiger partial charge in [-0.15, -0.1) is 0 Å². The molecule has 2 rings (SSSR count). The van der Waals surface area contributed by atoms with Crippen LogP contribution >= 0.6 is 0 Å². The quantitative estimate of drug-likeness (QED) is 0.638. The average molecular weight is 237 g/mol. The van der Waals surface area contributed by atoms with Crippen molar-refractivity contribution in [1.82, 2.24) is 10.2 Å². The van der Waals surface area contributed by atoms with E-state index in [4.69, 9.17) is 5.41 Å². The van der Waals surface area contributed by atoms with Crippen molar-refractivity contribution in [3.8, 4) is 0 Å². The van der Waals surface area contributed by atoms with E-state index in [1.807, 2.05) is 12.2 Å². The van der Waals surface area contributed by atoms with Gasteiger partial charge in [0.1, 0.15) is 6.23 Å². The van der Waals surface area contributed by atoms with Gasteiger partial charge in [-0.3, -0.25) is 0 Å². The Labute approximate surface area is 101 Å². The van der Waals surface area contributed by atoms with E-state index in [-0.39, 0.29) is 18.0 Å². The largest absolute Gasteiger partial charge is 0.374 e. The summed E-state index contributed by atoms with van der Waals surface area (Å²) >= 11 is 0. The van der Waals surface area contributed by atoms with Gasteiger partial charge < -0.3 is 20.7 Å². The number of amides is 2. The van der Waals surface area contributed by atoms with Crippen LogP contribution in [-0.4, -0.2) is 40.6 Å². The lowest BCUT2D eigenvalue weighted by Crippen LogP contribution is -2.56. The number of hydrogen-bond donors (Lipinski definition) is 3. The van der Waals surface area contributed by atoms with E-state index in [0.717, 1.165) is 6.42 Å². The standard InChI is InChI=1S/C12H19N3O2/c1-8-7-9(13)3-2-4-10(8)15-6-5-11(16)14-12(15)17/h2-3,8,10-11,13,16H,4-7H2,1H3,(H,14,17)/t8?,10-,11?/m0/s1.